The fraction of sp³-hybridized carbons (Fsp3) is 0.409. The molecular formula is C22H21F5N6O. The minimum Gasteiger partial charge on any atom is -0.335 e. The lowest BCUT2D eigenvalue weighted by atomic mass is 9.87. The molecule has 0 radical (unpaired) electrons. The quantitative estimate of drug-likeness (QED) is 0.511. The molecule has 180 valence electrons. The van der Waals surface area contributed by atoms with Gasteiger partial charge in [0.15, 0.2) is 0 Å². The summed E-state index contributed by atoms with van der Waals surface area (Å²) >= 11 is 0. The Morgan fingerprint density at radius 2 is 1.79 bits per heavy atom. The maximum atomic E-state index is 14.8. The van der Waals surface area contributed by atoms with E-state index in [0.29, 0.717) is 25.5 Å². The van der Waals surface area contributed by atoms with E-state index in [1.807, 2.05) is 6.92 Å². The molecule has 1 aliphatic heterocycles. The van der Waals surface area contributed by atoms with E-state index >= 15 is 0 Å². The molecule has 34 heavy (non-hydrogen) atoms. The van der Waals surface area contributed by atoms with Crippen LogP contribution in [0, 0.1) is 17.6 Å². The number of amides is 1. The maximum absolute atomic E-state index is 14.8. The van der Waals surface area contributed by atoms with Gasteiger partial charge in [0.05, 0.1) is 18.0 Å². The summed E-state index contributed by atoms with van der Waals surface area (Å²) in [5.41, 5.74) is -1.40. The van der Waals surface area contributed by atoms with Crippen molar-refractivity contribution in [2.75, 3.05) is 6.54 Å². The SMILES string of the molecule is C[C@@H]1CCCN(C(=O)c2c(F)cc(F)cc2-n2nccn2)[C@@H]1CCc1ncc(C(F)(F)F)cn1. The number of piperidine rings is 1. The Labute approximate surface area is 191 Å². The molecule has 1 aliphatic rings. The van der Waals surface area contributed by atoms with Crippen LogP contribution in [0.15, 0.2) is 36.9 Å². The van der Waals surface area contributed by atoms with Crippen LogP contribution in [0.4, 0.5) is 22.0 Å². The molecule has 3 aromatic rings. The van der Waals surface area contributed by atoms with Gasteiger partial charge >= 0.3 is 6.18 Å². The monoisotopic (exact) mass is 480 g/mol. The molecule has 0 saturated carbocycles. The second kappa shape index (κ2) is 9.43. The summed E-state index contributed by atoms with van der Waals surface area (Å²) in [5.74, 6) is -2.27. The Balaban J connectivity index is 1.59. The molecule has 0 aliphatic carbocycles. The lowest BCUT2D eigenvalue weighted by molar-refractivity contribution is -0.138. The number of benzene rings is 1. The van der Waals surface area contributed by atoms with Crippen LogP contribution in [0.5, 0.6) is 0 Å². The molecule has 7 nitrogen and oxygen atoms in total. The van der Waals surface area contributed by atoms with E-state index in [-0.39, 0.29) is 35.5 Å². The van der Waals surface area contributed by atoms with Crippen LogP contribution < -0.4 is 0 Å². The average Bonchev–Trinajstić information content (AvgIpc) is 3.32. The molecule has 1 fully saturated rings. The lowest BCUT2D eigenvalue weighted by Gasteiger charge is -2.40. The van der Waals surface area contributed by atoms with Crippen molar-refractivity contribution in [3.05, 3.63) is 65.5 Å². The second-order valence-corrected chi connectivity index (χ2v) is 8.21. The summed E-state index contributed by atoms with van der Waals surface area (Å²) in [5, 5.41) is 7.79. The molecule has 2 atom stereocenters. The molecule has 3 heterocycles. The van der Waals surface area contributed by atoms with Gasteiger partial charge in [-0.2, -0.15) is 28.2 Å². The number of nitrogens with zero attached hydrogens (tertiary/aromatic N) is 6. The van der Waals surface area contributed by atoms with E-state index in [4.69, 9.17) is 0 Å². The fourth-order valence-electron chi connectivity index (χ4n) is 4.26. The molecule has 1 amide bonds. The van der Waals surface area contributed by atoms with Crippen molar-refractivity contribution in [1.82, 2.24) is 29.9 Å². The van der Waals surface area contributed by atoms with Crippen molar-refractivity contribution in [2.45, 2.75) is 44.8 Å². The predicted molar refractivity (Wildman–Crippen MR) is 110 cm³/mol. The number of alkyl halides is 3. The van der Waals surface area contributed by atoms with Crippen LogP contribution in [-0.2, 0) is 12.6 Å². The van der Waals surface area contributed by atoms with E-state index in [2.05, 4.69) is 20.2 Å². The van der Waals surface area contributed by atoms with Crippen molar-refractivity contribution in [2.24, 2.45) is 5.92 Å². The normalized spacial score (nSPS) is 18.8. The molecule has 4 rings (SSSR count). The first-order valence-corrected chi connectivity index (χ1v) is 10.7. The molecule has 12 heteroatoms. The highest BCUT2D eigenvalue weighted by Crippen LogP contribution is 2.31. The number of carbonyl (C=O) groups excluding carboxylic acids is 1. The van der Waals surface area contributed by atoms with Crippen molar-refractivity contribution >= 4 is 5.91 Å². The van der Waals surface area contributed by atoms with Crippen LogP contribution in [0.2, 0.25) is 0 Å². The number of aryl methyl sites for hydroxylation is 1. The summed E-state index contributed by atoms with van der Waals surface area (Å²) in [7, 11) is 0. The van der Waals surface area contributed by atoms with E-state index in [1.165, 1.54) is 17.3 Å². The van der Waals surface area contributed by atoms with E-state index in [1.54, 1.807) is 0 Å². The van der Waals surface area contributed by atoms with Crippen LogP contribution in [0.25, 0.3) is 5.69 Å². The molecular weight excluding hydrogens is 459 g/mol. The molecule has 0 unspecified atom stereocenters. The summed E-state index contributed by atoms with van der Waals surface area (Å²) in [6, 6.07) is 1.29. The van der Waals surface area contributed by atoms with Gasteiger partial charge in [-0.3, -0.25) is 4.79 Å². The molecule has 1 saturated heterocycles. The zero-order valence-corrected chi connectivity index (χ0v) is 18.1. The van der Waals surface area contributed by atoms with E-state index < -0.39 is 29.3 Å². The van der Waals surface area contributed by atoms with Crippen LogP contribution in [0.3, 0.4) is 0 Å². The Hall–Kier alpha value is -3.44. The van der Waals surface area contributed by atoms with Gasteiger partial charge in [-0.25, -0.2) is 18.7 Å². The number of hydrogen-bond acceptors (Lipinski definition) is 5. The Bertz CT molecular complexity index is 1150. The average molecular weight is 480 g/mol. The van der Waals surface area contributed by atoms with Crippen molar-refractivity contribution in [1.29, 1.82) is 0 Å². The van der Waals surface area contributed by atoms with Gasteiger partial charge in [-0.1, -0.05) is 6.92 Å². The molecule has 0 bridgehead atoms. The second-order valence-electron chi connectivity index (χ2n) is 8.21. The maximum Gasteiger partial charge on any atom is 0.419 e. The third-order valence-electron chi connectivity index (χ3n) is 5.96. The minimum atomic E-state index is -4.53. The van der Waals surface area contributed by atoms with E-state index in [0.717, 1.165) is 29.7 Å². The van der Waals surface area contributed by atoms with Crippen LogP contribution in [0.1, 0.15) is 47.9 Å². The Kier molecular flexibility index (Phi) is 6.58. The van der Waals surface area contributed by atoms with Gasteiger partial charge in [-0.05, 0) is 25.2 Å². The molecule has 0 spiro atoms. The smallest absolute Gasteiger partial charge is 0.335 e. The first-order valence-electron chi connectivity index (χ1n) is 10.7. The van der Waals surface area contributed by atoms with Crippen LogP contribution >= 0.6 is 0 Å². The standard InChI is InChI=1S/C22H21F5N6O/c1-13-3-2-8-32(17(13)4-5-19-28-11-14(12-29-19)22(25,26)27)21(34)20-16(24)9-15(23)10-18(20)33-30-6-7-31-33/h6-7,9-13,17H,2-5,8H2,1H3/t13-,17-/m1/s1. The summed E-state index contributed by atoms with van der Waals surface area (Å²) in [6.07, 6.45) is 1.70. The predicted octanol–water partition coefficient (Wildman–Crippen LogP) is 4.23. The Morgan fingerprint density at radius 3 is 2.44 bits per heavy atom. The van der Waals surface area contributed by atoms with Gasteiger partial charge < -0.3 is 4.90 Å². The number of rotatable bonds is 5. The number of hydrogen-bond donors (Lipinski definition) is 0. The summed E-state index contributed by atoms with van der Waals surface area (Å²) in [6.45, 7) is 2.30. The topological polar surface area (TPSA) is 76.8 Å². The van der Waals surface area contributed by atoms with Crippen molar-refractivity contribution < 1.29 is 26.7 Å². The molecule has 2 aromatic heterocycles. The van der Waals surface area contributed by atoms with Gasteiger partial charge in [0.25, 0.3) is 5.91 Å². The van der Waals surface area contributed by atoms with Crippen molar-refractivity contribution in [3.63, 3.8) is 0 Å². The lowest BCUT2D eigenvalue weighted by Crippen LogP contribution is -2.48. The largest absolute Gasteiger partial charge is 0.419 e. The number of likely N-dealkylation sites (tertiary alicyclic amines) is 1. The number of halogens is 5. The molecule has 0 N–H and O–H groups in total. The summed E-state index contributed by atoms with van der Waals surface area (Å²) < 4.78 is 67.0. The number of carbonyl (C=O) groups is 1. The zero-order valence-electron chi connectivity index (χ0n) is 18.1. The van der Waals surface area contributed by atoms with Gasteiger partial charge in [0.2, 0.25) is 0 Å². The van der Waals surface area contributed by atoms with E-state index in [9.17, 15) is 26.7 Å². The molecule has 1 aromatic carbocycles. The minimum absolute atomic E-state index is 0.0435. The third-order valence-corrected chi connectivity index (χ3v) is 5.96. The fourth-order valence-corrected chi connectivity index (χ4v) is 4.26. The highest BCUT2D eigenvalue weighted by atomic mass is 19.4. The highest BCUT2D eigenvalue weighted by Gasteiger charge is 2.35. The van der Waals surface area contributed by atoms with Crippen LogP contribution in [-0.4, -0.2) is 48.4 Å². The Morgan fingerprint density at radius 1 is 1.12 bits per heavy atom. The van der Waals surface area contributed by atoms with Gasteiger partial charge in [-0.15, -0.1) is 0 Å². The first-order chi connectivity index (χ1) is 16.1. The summed E-state index contributed by atoms with van der Waals surface area (Å²) in [4.78, 5) is 23.6. The highest BCUT2D eigenvalue weighted by molar-refractivity contribution is 5.98. The van der Waals surface area contributed by atoms with Gasteiger partial charge in [0.1, 0.15) is 28.7 Å². The first kappa shape index (κ1) is 23.7. The number of aromatic nitrogens is 5. The van der Waals surface area contributed by atoms with Crippen molar-refractivity contribution in [3.8, 4) is 5.69 Å². The third kappa shape index (κ3) is 4.90. The van der Waals surface area contributed by atoms with Gasteiger partial charge in [0, 0.05) is 43.5 Å². The zero-order chi connectivity index (χ0) is 24.5.